The Kier molecular flexibility index (Phi) is 6.16. The number of rotatable bonds is 6. The van der Waals surface area contributed by atoms with Crippen LogP contribution in [0.3, 0.4) is 0 Å². The fourth-order valence-corrected chi connectivity index (χ4v) is 4.03. The van der Waals surface area contributed by atoms with E-state index in [2.05, 4.69) is 30.6 Å². The van der Waals surface area contributed by atoms with Crippen LogP contribution in [0, 0.1) is 6.92 Å². The van der Waals surface area contributed by atoms with Gasteiger partial charge in [-0.3, -0.25) is 14.5 Å². The van der Waals surface area contributed by atoms with Gasteiger partial charge in [0.1, 0.15) is 0 Å². The van der Waals surface area contributed by atoms with Crippen molar-refractivity contribution in [2.75, 3.05) is 4.90 Å². The average Bonchev–Trinajstić information content (AvgIpc) is 3.09. The van der Waals surface area contributed by atoms with E-state index in [1.807, 2.05) is 43.3 Å². The van der Waals surface area contributed by atoms with Crippen molar-refractivity contribution >= 4 is 23.1 Å². The minimum atomic E-state index is -0.846. The van der Waals surface area contributed by atoms with E-state index in [1.54, 1.807) is 31.2 Å². The molecule has 2 heterocycles. The first-order valence-electron chi connectivity index (χ1n) is 11.2. The van der Waals surface area contributed by atoms with Gasteiger partial charge >= 0.3 is 0 Å². The second-order valence-corrected chi connectivity index (χ2v) is 8.88. The number of carbonyl (C=O) groups excluding carboxylic acids is 2. The number of aliphatic hydroxyl groups is 1. The Balaban J connectivity index is 1.83. The van der Waals surface area contributed by atoms with Crippen LogP contribution in [0.25, 0.3) is 5.57 Å². The first kappa shape index (κ1) is 23.1. The summed E-state index contributed by atoms with van der Waals surface area (Å²) < 4.78 is 0. The van der Waals surface area contributed by atoms with Crippen molar-refractivity contribution in [1.82, 2.24) is 10.2 Å². The lowest BCUT2D eigenvalue weighted by molar-refractivity contribution is -0.117. The maximum absolute atomic E-state index is 13.6. The summed E-state index contributed by atoms with van der Waals surface area (Å²) >= 11 is 0. The molecule has 1 atom stereocenters. The summed E-state index contributed by atoms with van der Waals surface area (Å²) in [5, 5.41) is 19.1. The molecule has 1 unspecified atom stereocenters. The molecular weight excluding hydrogens is 426 g/mol. The number of hydrogen-bond donors (Lipinski definition) is 1. The topological polar surface area (TPSA) is 83.4 Å². The molecule has 4 rings (SSSR count). The molecule has 0 spiro atoms. The molecule has 34 heavy (non-hydrogen) atoms. The fourth-order valence-electron chi connectivity index (χ4n) is 4.03. The van der Waals surface area contributed by atoms with Crippen molar-refractivity contribution in [2.24, 2.45) is 0 Å². The number of benzene rings is 2. The first-order valence-corrected chi connectivity index (χ1v) is 11.2. The van der Waals surface area contributed by atoms with Crippen molar-refractivity contribution < 1.29 is 14.7 Å². The predicted octanol–water partition coefficient (Wildman–Crippen LogP) is 5.72. The van der Waals surface area contributed by atoms with Gasteiger partial charge in [-0.05, 0) is 48.6 Å². The Morgan fingerprint density at radius 3 is 2.12 bits per heavy atom. The third-order valence-electron chi connectivity index (χ3n) is 6.04. The van der Waals surface area contributed by atoms with Gasteiger partial charge in [0.25, 0.3) is 5.91 Å². The van der Waals surface area contributed by atoms with Crippen LogP contribution in [0.1, 0.15) is 65.5 Å². The molecule has 1 amide bonds. The van der Waals surface area contributed by atoms with Crippen LogP contribution in [0.15, 0.2) is 78.6 Å². The van der Waals surface area contributed by atoms with Gasteiger partial charge < -0.3 is 5.11 Å². The number of allylic oxidation sites excluding steroid dienone is 1. The number of aliphatic hydroxyl groups excluding tert-OH is 1. The maximum atomic E-state index is 13.6. The number of hydrogen-bond acceptors (Lipinski definition) is 5. The Morgan fingerprint density at radius 1 is 0.971 bits per heavy atom. The summed E-state index contributed by atoms with van der Waals surface area (Å²) in [6, 6.07) is 17.3. The lowest BCUT2D eigenvalue weighted by atomic mass is 9.91. The molecular formula is C28H27N3O3. The predicted molar refractivity (Wildman–Crippen MR) is 133 cm³/mol. The molecule has 1 aromatic heterocycles. The molecule has 1 N–H and O–H groups in total. The second kappa shape index (κ2) is 9.06. The second-order valence-electron chi connectivity index (χ2n) is 8.88. The molecule has 0 aliphatic carbocycles. The van der Waals surface area contributed by atoms with Gasteiger partial charge in [-0.2, -0.15) is 5.10 Å². The van der Waals surface area contributed by atoms with E-state index < -0.39 is 23.5 Å². The fraction of sp³-hybridized carbons (Fsp3) is 0.214. The summed E-state index contributed by atoms with van der Waals surface area (Å²) in [4.78, 5) is 28.2. The highest BCUT2D eigenvalue weighted by Gasteiger charge is 2.45. The van der Waals surface area contributed by atoms with Crippen molar-refractivity contribution in [3.8, 4) is 0 Å². The Labute approximate surface area is 199 Å². The number of ketones is 1. The molecule has 6 nitrogen and oxygen atoms in total. The molecule has 0 bridgehead atoms. The molecule has 0 radical (unpaired) electrons. The Morgan fingerprint density at radius 2 is 1.59 bits per heavy atom. The summed E-state index contributed by atoms with van der Waals surface area (Å²) in [5.41, 5.74) is 4.73. The summed E-state index contributed by atoms with van der Waals surface area (Å²) in [6.45, 7) is 11.8. The van der Waals surface area contributed by atoms with Crippen molar-refractivity contribution in [1.29, 1.82) is 0 Å². The van der Waals surface area contributed by atoms with E-state index in [-0.39, 0.29) is 11.4 Å². The van der Waals surface area contributed by atoms with Crippen molar-refractivity contribution in [3.63, 3.8) is 0 Å². The molecule has 2 aromatic carbocycles. The quantitative estimate of drug-likeness (QED) is 0.482. The molecule has 1 aliphatic heterocycles. The zero-order chi connectivity index (χ0) is 24.6. The minimum Gasteiger partial charge on any atom is -0.503 e. The van der Waals surface area contributed by atoms with Crippen LogP contribution >= 0.6 is 0 Å². The Bertz CT molecular complexity index is 1290. The number of nitrogens with zero attached hydrogens (tertiary/aromatic N) is 3. The highest BCUT2D eigenvalue weighted by Crippen LogP contribution is 2.41. The van der Waals surface area contributed by atoms with Gasteiger partial charge in [0.2, 0.25) is 0 Å². The van der Waals surface area contributed by atoms with E-state index in [1.165, 1.54) is 4.90 Å². The molecule has 3 aromatic rings. The molecule has 172 valence electrons. The molecule has 0 fully saturated rings. The van der Waals surface area contributed by atoms with Crippen LogP contribution in [0.2, 0.25) is 0 Å². The molecule has 0 saturated carbocycles. The highest BCUT2D eigenvalue weighted by atomic mass is 16.3. The van der Waals surface area contributed by atoms with Gasteiger partial charge in [0, 0.05) is 5.56 Å². The normalized spacial score (nSPS) is 15.9. The molecule has 0 saturated heterocycles. The van der Waals surface area contributed by atoms with E-state index in [0.29, 0.717) is 22.7 Å². The number of aryl methyl sites for hydroxylation is 1. The van der Waals surface area contributed by atoms with Gasteiger partial charge in [-0.15, -0.1) is 5.10 Å². The van der Waals surface area contributed by atoms with Crippen LogP contribution in [-0.2, 0) is 4.79 Å². The number of Topliss-reactive ketones (excluding diaryl/α,β-unsaturated/α-hetero) is 1. The van der Waals surface area contributed by atoms with Gasteiger partial charge in [0.15, 0.2) is 17.4 Å². The first-order chi connectivity index (χ1) is 16.2. The largest absolute Gasteiger partial charge is 0.503 e. The van der Waals surface area contributed by atoms with E-state index in [4.69, 9.17) is 0 Å². The minimum absolute atomic E-state index is 0.0211. The monoisotopic (exact) mass is 453 g/mol. The van der Waals surface area contributed by atoms with Crippen LogP contribution < -0.4 is 4.90 Å². The van der Waals surface area contributed by atoms with E-state index >= 15 is 0 Å². The zero-order valence-corrected chi connectivity index (χ0v) is 19.7. The molecule has 1 aliphatic rings. The summed E-state index contributed by atoms with van der Waals surface area (Å²) in [5.74, 6) is -1.09. The number of amides is 1. The number of carbonyl (C=O) groups is 2. The van der Waals surface area contributed by atoms with Crippen LogP contribution in [0.4, 0.5) is 5.82 Å². The van der Waals surface area contributed by atoms with Gasteiger partial charge in [-0.1, -0.05) is 74.5 Å². The van der Waals surface area contributed by atoms with Gasteiger partial charge in [-0.25, -0.2) is 0 Å². The number of anilines is 1. The standard InChI is InChI=1S/C28H27N3O3/c1-16(2)19-7-11-21(12-8-19)25-24(26(32)22-13-9-20(10-14-22)17(3)4)27(33)28(34)31(25)23-15-6-18(5)29-30-23/h6-15,17,25,33H,1H2,2-5H3. The van der Waals surface area contributed by atoms with Crippen LogP contribution in [-0.4, -0.2) is 27.0 Å². The lowest BCUT2D eigenvalue weighted by Gasteiger charge is -2.26. The third-order valence-corrected chi connectivity index (χ3v) is 6.04. The van der Waals surface area contributed by atoms with Crippen molar-refractivity contribution in [3.05, 3.63) is 107 Å². The lowest BCUT2D eigenvalue weighted by Crippen LogP contribution is -2.32. The maximum Gasteiger partial charge on any atom is 0.295 e. The highest BCUT2D eigenvalue weighted by molar-refractivity contribution is 6.20. The van der Waals surface area contributed by atoms with E-state index in [0.717, 1.165) is 16.7 Å². The van der Waals surface area contributed by atoms with Gasteiger partial charge in [0.05, 0.1) is 17.3 Å². The van der Waals surface area contributed by atoms with Crippen LogP contribution in [0.5, 0.6) is 0 Å². The summed E-state index contributed by atoms with van der Waals surface area (Å²) in [6.07, 6.45) is 0. The van der Waals surface area contributed by atoms with E-state index in [9.17, 15) is 14.7 Å². The van der Waals surface area contributed by atoms with Crippen molar-refractivity contribution in [2.45, 2.75) is 39.7 Å². The smallest absolute Gasteiger partial charge is 0.295 e. The number of aromatic nitrogens is 2. The molecule has 6 heteroatoms. The average molecular weight is 454 g/mol. The SMILES string of the molecule is C=C(C)c1ccc(C2C(C(=O)c3ccc(C(C)C)cc3)=C(O)C(=O)N2c2ccc(C)nn2)cc1. The summed E-state index contributed by atoms with van der Waals surface area (Å²) in [7, 11) is 0. The Hall–Kier alpha value is -4.06. The zero-order valence-electron chi connectivity index (χ0n) is 19.7. The third kappa shape index (κ3) is 4.15.